The van der Waals surface area contributed by atoms with Crippen LogP contribution in [0.4, 0.5) is 0 Å². The van der Waals surface area contributed by atoms with E-state index in [-0.39, 0.29) is 11.7 Å². The number of hydrogen-bond acceptors (Lipinski definition) is 3. The van der Waals surface area contributed by atoms with E-state index in [2.05, 4.69) is 22.1 Å². The summed E-state index contributed by atoms with van der Waals surface area (Å²) in [5, 5.41) is 12.1. The highest BCUT2D eigenvalue weighted by Gasteiger charge is 1.98. The number of carbonyl (C=O) groups is 1. The van der Waals surface area contributed by atoms with Crippen LogP contribution < -0.4 is 5.32 Å². The third-order valence-electron chi connectivity index (χ3n) is 1.84. The van der Waals surface area contributed by atoms with Gasteiger partial charge in [-0.15, -0.1) is 0 Å². The molecule has 0 atom stereocenters. The van der Waals surface area contributed by atoms with Crippen LogP contribution in [0.1, 0.15) is 24.7 Å². The van der Waals surface area contributed by atoms with E-state index in [0.717, 1.165) is 5.69 Å². The van der Waals surface area contributed by atoms with Gasteiger partial charge >= 0.3 is 0 Å². The molecule has 1 aromatic rings. The molecule has 16 heavy (non-hydrogen) atoms. The predicted octanol–water partition coefficient (Wildman–Crippen LogP) is 0.973. The molecule has 1 rings (SSSR count). The van der Waals surface area contributed by atoms with Gasteiger partial charge in [-0.05, 0) is 25.0 Å². The Labute approximate surface area is 94.7 Å². The van der Waals surface area contributed by atoms with Crippen LogP contribution in [0.2, 0.25) is 0 Å². The Morgan fingerprint density at radius 3 is 3.00 bits per heavy atom. The van der Waals surface area contributed by atoms with E-state index in [1.165, 1.54) is 6.92 Å². The van der Waals surface area contributed by atoms with Crippen molar-refractivity contribution >= 4 is 5.91 Å². The summed E-state index contributed by atoms with van der Waals surface area (Å²) in [4.78, 5) is 14.7. The number of nitrogens with one attached hydrogen (secondary N) is 1. The van der Waals surface area contributed by atoms with Crippen LogP contribution in [0.5, 0.6) is 5.75 Å². The SMILES string of the molecule is CC(=O)NCCC#Cc1nc(C)ccc1O. The number of carbonyl (C=O) groups excluding carboxylic acids is 1. The Bertz CT molecular complexity index is 444. The van der Waals surface area contributed by atoms with E-state index < -0.39 is 0 Å². The first-order chi connectivity index (χ1) is 7.59. The maximum absolute atomic E-state index is 10.6. The van der Waals surface area contributed by atoms with Crippen LogP contribution in [0.15, 0.2) is 12.1 Å². The van der Waals surface area contributed by atoms with Gasteiger partial charge in [0.15, 0.2) is 5.69 Å². The van der Waals surface area contributed by atoms with Crippen molar-refractivity contribution in [1.82, 2.24) is 10.3 Å². The van der Waals surface area contributed by atoms with Crippen molar-refractivity contribution in [3.8, 4) is 17.6 Å². The van der Waals surface area contributed by atoms with Crippen molar-refractivity contribution in [2.75, 3.05) is 6.54 Å². The molecular weight excluding hydrogens is 204 g/mol. The van der Waals surface area contributed by atoms with E-state index in [0.29, 0.717) is 18.7 Å². The minimum atomic E-state index is -0.0710. The van der Waals surface area contributed by atoms with Crippen molar-refractivity contribution in [1.29, 1.82) is 0 Å². The predicted molar refractivity (Wildman–Crippen MR) is 60.8 cm³/mol. The molecule has 0 fully saturated rings. The Balaban J connectivity index is 2.56. The Morgan fingerprint density at radius 1 is 1.56 bits per heavy atom. The first kappa shape index (κ1) is 12.1. The van der Waals surface area contributed by atoms with Crippen molar-refractivity contribution < 1.29 is 9.90 Å². The second-order valence-electron chi connectivity index (χ2n) is 3.36. The topological polar surface area (TPSA) is 62.2 Å². The lowest BCUT2D eigenvalue weighted by Crippen LogP contribution is -2.20. The number of aryl methyl sites for hydroxylation is 1. The lowest BCUT2D eigenvalue weighted by Gasteiger charge is -1.97. The second kappa shape index (κ2) is 5.76. The fourth-order valence-corrected chi connectivity index (χ4v) is 1.09. The first-order valence-electron chi connectivity index (χ1n) is 4.99. The summed E-state index contributed by atoms with van der Waals surface area (Å²) in [6, 6.07) is 3.29. The number of rotatable bonds is 2. The molecule has 4 nitrogen and oxygen atoms in total. The molecule has 4 heteroatoms. The average Bonchev–Trinajstić information content (AvgIpc) is 2.22. The van der Waals surface area contributed by atoms with E-state index >= 15 is 0 Å². The standard InChI is InChI=1S/C12H14N2O2/c1-9-6-7-12(16)11(14-9)5-3-4-8-13-10(2)15/h6-7,16H,4,8H2,1-2H3,(H,13,15). The summed E-state index contributed by atoms with van der Waals surface area (Å²) in [5.74, 6) is 5.61. The average molecular weight is 218 g/mol. The molecule has 0 spiro atoms. The maximum atomic E-state index is 10.6. The second-order valence-corrected chi connectivity index (χ2v) is 3.36. The zero-order valence-electron chi connectivity index (χ0n) is 9.37. The van der Waals surface area contributed by atoms with Gasteiger partial charge in [0.1, 0.15) is 5.75 Å². The van der Waals surface area contributed by atoms with E-state index in [9.17, 15) is 9.90 Å². The Kier molecular flexibility index (Phi) is 4.34. The normalized spacial score (nSPS) is 9.12. The van der Waals surface area contributed by atoms with Crippen LogP contribution in [0, 0.1) is 18.8 Å². The molecule has 0 radical (unpaired) electrons. The van der Waals surface area contributed by atoms with E-state index in [1.54, 1.807) is 12.1 Å². The summed E-state index contributed by atoms with van der Waals surface area (Å²) in [5.41, 5.74) is 1.19. The van der Waals surface area contributed by atoms with Gasteiger partial charge in [0.05, 0.1) is 0 Å². The molecule has 1 amide bonds. The van der Waals surface area contributed by atoms with Gasteiger partial charge < -0.3 is 10.4 Å². The molecule has 0 aromatic carbocycles. The van der Waals surface area contributed by atoms with Crippen molar-refractivity contribution in [2.24, 2.45) is 0 Å². The van der Waals surface area contributed by atoms with Gasteiger partial charge in [-0.1, -0.05) is 5.92 Å². The lowest BCUT2D eigenvalue weighted by molar-refractivity contribution is -0.118. The fourth-order valence-electron chi connectivity index (χ4n) is 1.09. The van der Waals surface area contributed by atoms with E-state index in [4.69, 9.17) is 0 Å². The molecule has 2 N–H and O–H groups in total. The molecular formula is C12H14N2O2. The zero-order valence-corrected chi connectivity index (χ0v) is 9.37. The molecule has 0 aliphatic heterocycles. The van der Waals surface area contributed by atoms with Crippen LogP contribution in [0.3, 0.4) is 0 Å². The Morgan fingerprint density at radius 2 is 2.31 bits per heavy atom. The molecule has 0 saturated carbocycles. The monoisotopic (exact) mass is 218 g/mol. The van der Waals surface area contributed by atoms with Crippen LogP contribution >= 0.6 is 0 Å². The summed E-state index contributed by atoms with van der Waals surface area (Å²) < 4.78 is 0. The van der Waals surface area contributed by atoms with Crippen molar-refractivity contribution in [3.63, 3.8) is 0 Å². The van der Waals surface area contributed by atoms with Crippen molar-refractivity contribution in [3.05, 3.63) is 23.5 Å². The molecule has 1 heterocycles. The van der Waals surface area contributed by atoms with Gasteiger partial charge in [0, 0.05) is 25.6 Å². The third-order valence-corrected chi connectivity index (χ3v) is 1.84. The highest BCUT2D eigenvalue weighted by molar-refractivity contribution is 5.72. The van der Waals surface area contributed by atoms with Crippen LogP contribution in [-0.4, -0.2) is 22.5 Å². The Hall–Kier alpha value is -2.02. The highest BCUT2D eigenvalue weighted by atomic mass is 16.3. The van der Waals surface area contributed by atoms with Gasteiger partial charge in [-0.3, -0.25) is 4.79 Å². The van der Waals surface area contributed by atoms with Gasteiger partial charge in [0.2, 0.25) is 5.91 Å². The van der Waals surface area contributed by atoms with Gasteiger partial charge in [-0.25, -0.2) is 4.98 Å². The minimum Gasteiger partial charge on any atom is -0.505 e. The molecule has 1 aromatic heterocycles. The first-order valence-corrected chi connectivity index (χ1v) is 4.99. The number of amides is 1. The lowest BCUT2D eigenvalue weighted by atomic mass is 10.3. The smallest absolute Gasteiger partial charge is 0.216 e. The molecule has 0 bridgehead atoms. The van der Waals surface area contributed by atoms with Gasteiger partial charge in [0.25, 0.3) is 0 Å². The number of nitrogens with zero attached hydrogens (tertiary/aromatic N) is 1. The van der Waals surface area contributed by atoms with Crippen LogP contribution in [0.25, 0.3) is 0 Å². The summed E-state index contributed by atoms with van der Waals surface area (Å²) in [7, 11) is 0. The number of aromatic nitrogens is 1. The summed E-state index contributed by atoms with van der Waals surface area (Å²) in [6.07, 6.45) is 0.536. The zero-order chi connectivity index (χ0) is 12.0. The molecule has 0 saturated heterocycles. The summed E-state index contributed by atoms with van der Waals surface area (Å²) in [6.45, 7) is 3.80. The third kappa shape index (κ3) is 4.01. The quantitative estimate of drug-likeness (QED) is 0.574. The van der Waals surface area contributed by atoms with E-state index in [1.807, 2.05) is 6.92 Å². The number of pyridine rings is 1. The molecule has 0 unspecified atom stereocenters. The number of hydrogen-bond donors (Lipinski definition) is 2. The molecule has 0 aliphatic carbocycles. The van der Waals surface area contributed by atoms with Gasteiger partial charge in [-0.2, -0.15) is 0 Å². The molecule has 0 aliphatic rings. The summed E-state index contributed by atoms with van der Waals surface area (Å²) >= 11 is 0. The number of aromatic hydroxyl groups is 1. The van der Waals surface area contributed by atoms with Crippen LogP contribution in [-0.2, 0) is 4.79 Å². The highest BCUT2D eigenvalue weighted by Crippen LogP contribution is 2.12. The minimum absolute atomic E-state index is 0.0710. The van der Waals surface area contributed by atoms with Crippen molar-refractivity contribution in [2.45, 2.75) is 20.3 Å². The molecule has 84 valence electrons. The maximum Gasteiger partial charge on any atom is 0.216 e. The fraction of sp³-hybridized carbons (Fsp3) is 0.333. The largest absolute Gasteiger partial charge is 0.505 e.